The van der Waals surface area contributed by atoms with Gasteiger partial charge in [-0.05, 0) is 123 Å². The molecule has 6 aliphatic rings. The maximum absolute atomic E-state index is 11.9. The summed E-state index contributed by atoms with van der Waals surface area (Å²) in [5.74, 6) is 3.37. The predicted octanol–water partition coefficient (Wildman–Crippen LogP) is 5.75. The summed E-state index contributed by atoms with van der Waals surface area (Å²) < 4.78 is 17.9. The zero-order chi connectivity index (χ0) is 28.9. The topological polar surface area (TPSA) is 77.0 Å². The van der Waals surface area contributed by atoms with E-state index in [0.717, 1.165) is 50.2 Å². The minimum Gasteiger partial charge on any atom is -0.457 e. The van der Waals surface area contributed by atoms with E-state index >= 15 is 0 Å². The van der Waals surface area contributed by atoms with Crippen molar-refractivity contribution in [2.45, 2.75) is 136 Å². The Morgan fingerprint density at radius 2 is 1.75 bits per heavy atom. The Labute approximate surface area is 243 Å². The van der Waals surface area contributed by atoms with Gasteiger partial charge < -0.3 is 24.6 Å². The van der Waals surface area contributed by atoms with Crippen molar-refractivity contribution in [2.24, 2.45) is 51.2 Å². The monoisotopic (exact) mass is 559 g/mol. The molecule has 228 valence electrons. The van der Waals surface area contributed by atoms with E-state index in [1.165, 1.54) is 45.4 Å². The Balaban J connectivity index is 1.23. The van der Waals surface area contributed by atoms with Crippen LogP contribution in [0.5, 0.6) is 0 Å². The van der Waals surface area contributed by atoms with Crippen molar-refractivity contribution in [3.63, 3.8) is 0 Å². The highest BCUT2D eigenvalue weighted by atomic mass is 16.6. The Hall–Kier alpha value is -0.690. The Morgan fingerprint density at radius 3 is 2.42 bits per heavy atom. The molecule has 0 radical (unpaired) electrons. The molecule has 0 bridgehead atoms. The van der Waals surface area contributed by atoms with Gasteiger partial charge in [0.2, 0.25) is 0 Å². The van der Waals surface area contributed by atoms with E-state index in [4.69, 9.17) is 14.2 Å². The van der Waals surface area contributed by atoms with Crippen molar-refractivity contribution in [3.8, 4) is 0 Å². The van der Waals surface area contributed by atoms with Gasteiger partial charge in [0.25, 0.3) is 0 Å². The number of aliphatic hydroxyl groups is 1. The van der Waals surface area contributed by atoms with Crippen molar-refractivity contribution >= 4 is 5.97 Å². The van der Waals surface area contributed by atoms with E-state index in [2.05, 4.69) is 33.0 Å². The molecule has 12 atom stereocenters. The fourth-order valence-electron chi connectivity index (χ4n) is 12.8. The lowest BCUT2D eigenvalue weighted by atomic mass is 9.46. The predicted molar refractivity (Wildman–Crippen MR) is 156 cm³/mol. The fourth-order valence-corrected chi connectivity index (χ4v) is 12.8. The maximum atomic E-state index is 11.9. The molecule has 0 amide bonds. The maximum Gasteiger partial charge on any atom is 0.303 e. The second-order valence-electron chi connectivity index (χ2n) is 16.3. The summed E-state index contributed by atoms with van der Waals surface area (Å²) in [6.07, 6.45) is 10.6. The minimum atomic E-state index is -1.12. The average Bonchev–Trinajstić information content (AvgIpc) is 3.25. The molecule has 6 rings (SSSR count). The molecular formula is C34H57NO5. The summed E-state index contributed by atoms with van der Waals surface area (Å²) in [5.41, 5.74) is 0.537. The van der Waals surface area contributed by atoms with Crippen LogP contribution in [0.3, 0.4) is 0 Å². The van der Waals surface area contributed by atoms with Crippen molar-refractivity contribution in [1.82, 2.24) is 5.32 Å². The standard InChI is InChI=1S/C34H57NO5/c1-20-33-16-15-32(7)23-9-11-25(29(31(5,6)37)39-21(2)36)40-26(23)19-24(32)22(33)10-12-27-30(3,4)28(35-17-18-38-8)13-14-34(20,27)33/h20,22-29,35,37H,9-19H2,1-8H3/t20-,22-,23?,24?,25+,26?,27?,28-,29-,32+,33-,34?/m0/s1. The molecule has 2 N–H and O–H groups in total. The summed E-state index contributed by atoms with van der Waals surface area (Å²) in [7, 11) is 1.80. The molecule has 6 nitrogen and oxygen atoms in total. The number of methoxy groups -OCH3 is 1. The Kier molecular flexibility index (Phi) is 7.09. The highest BCUT2D eigenvalue weighted by Gasteiger charge is 2.84. The third kappa shape index (κ3) is 3.90. The van der Waals surface area contributed by atoms with Crippen LogP contribution < -0.4 is 5.32 Å². The van der Waals surface area contributed by atoms with E-state index in [1.54, 1.807) is 21.0 Å². The van der Waals surface area contributed by atoms with Crippen molar-refractivity contribution < 1.29 is 24.1 Å². The van der Waals surface area contributed by atoms with Crippen molar-refractivity contribution in [1.29, 1.82) is 0 Å². The van der Waals surface area contributed by atoms with Crippen LogP contribution in [0.4, 0.5) is 0 Å². The molecule has 0 aromatic rings. The van der Waals surface area contributed by atoms with Crippen LogP contribution in [0.2, 0.25) is 0 Å². The first-order valence-corrected chi connectivity index (χ1v) is 16.5. The molecule has 6 fully saturated rings. The number of fused-ring (bicyclic) bond motifs is 4. The number of carbonyl (C=O) groups is 1. The smallest absolute Gasteiger partial charge is 0.303 e. The first kappa shape index (κ1) is 29.4. The highest BCUT2D eigenvalue weighted by Crippen LogP contribution is 2.89. The molecule has 6 heteroatoms. The zero-order valence-electron chi connectivity index (χ0n) is 26.6. The van der Waals surface area contributed by atoms with Crippen LogP contribution in [0.1, 0.15) is 106 Å². The Bertz CT molecular complexity index is 991. The van der Waals surface area contributed by atoms with Crippen molar-refractivity contribution in [2.75, 3.05) is 20.3 Å². The largest absolute Gasteiger partial charge is 0.457 e. The number of hydrogen-bond donors (Lipinski definition) is 2. The normalized spacial score (nSPS) is 49.5. The molecule has 5 saturated carbocycles. The van der Waals surface area contributed by atoms with Gasteiger partial charge in [0.1, 0.15) is 0 Å². The van der Waals surface area contributed by atoms with Gasteiger partial charge in [0.15, 0.2) is 6.10 Å². The summed E-state index contributed by atoms with van der Waals surface area (Å²) in [6, 6.07) is 0.578. The van der Waals surface area contributed by atoms with E-state index in [0.29, 0.717) is 39.5 Å². The first-order chi connectivity index (χ1) is 18.7. The van der Waals surface area contributed by atoms with E-state index in [9.17, 15) is 9.90 Å². The summed E-state index contributed by atoms with van der Waals surface area (Å²) in [6.45, 7) is 17.0. The van der Waals surface area contributed by atoms with Gasteiger partial charge in [-0.2, -0.15) is 0 Å². The third-order valence-corrected chi connectivity index (χ3v) is 14.3. The third-order valence-electron chi connectivity index (χ3n) is 14.3. The van der Waals surface area contributed by atoms with Gasteiger partial charge in [-0.15, -0.1) is 0 Å². The number of esters is 1. The molecule has 0 aromatic heterocycles. The molecular weight excluding hydrogens is 502 g/mol. The van der Waals surface area contributed by atoms with E-state index < -0.39 is 11.7 Å². The first-order valence-electron chi connectivity index (χ1n) is 16.5. The quantitative estimate of drug-likeness (QED) is 0.306. The lowest BCUT2D eigenvalue weighted by Gasteiger charge is -2.60. The zero-order valence-corrected chi connectivity index (χ0v) is 26.6. The molecule has 5 unspecified atom stereocenters. The Morgan fingerprint density at radius 1 is 1.02 bits per heavy atom. The van der Waals surface area contributed by atoms with Gasteiger partial charge >= 0.3 is 5.97 Å². The van der Waals surface area contributed by atoms with Gasteiger partial charge in [-0.1, -0.05) is 27.7 Å². The molecule has 1 heterocycles. The van der Waals surface area contributed by atoms with Crippen LogP contribution in [0.15, 0.2) is 0 Å². The summed E-state index contributed by atoms with van der Waals surface area (Å²) in [4.78, 5) is 11.9. The summed E-state index contributed by atoms with van der Waals surface area (Å²) >= 11 is 0. The summed E-state index contributed by atoms with van der Waals surface area (Å²) in [5, 5.41) is 14.7. The molecule has 40 heavy (non-hydrogen) atoms. The molecule has 0 aromatic carbocycles. The van der Waals surface area contributed by atoms with E-state index in [1.807, 2.05) is 0 Å². The number of ether oxygens (including phenoxy) is 3. The second kappa shape index (κ2) is 9.66. The fraction of sp³-hybridized carbons (Fsp3) is 0.971. The minimum absolute atomic E-state index is 0.212. The number of rotatable bonds is 7. The van der Waals surface area contributed by atoms with Crippen LogP contribution in [-0.2, 0) is 19.0 Å². The second-order valence-corrected chi connectivity index (χ2v) is 16.3. The lowest BCUT2D eigenvalue weighted by molar-refractivity contribution is -0.200. The van der Waals surface area contributed by atoms with Crippen LogP contribution in [-0.4, -0.2) is 61.3 Å². The lowest BCUT2D eigenvalue weighted by Crippen LogP contribution is -2.57. The number of nitrogens with one attached hydrogen (secondary N) is 1. The molecule has 5 aliphatic carbocycles. The van der Waals surface area contributed by atoms with Crippen LogP contribution in [0.25, 0.3) is 0 Å². The molecule has 2 spiro atoms. The SMILES string of the molecule is COCCN[C@H]1CCC23C(CC[C@H]4C5CC6O[C@@H]([C@H](OC(C)=O)C(C)(C)O)CCC6[C@@]5(C)CC[C@]42[C@@H]3C)C1(C)C. The van der Waals surface area contributed by atoms with Gasteiger partial charge in [-0.25, -0.2) is 0 Å². The van der Waals surface area contributed by atoms with E-state index in [-0.39, 0.29) is 18.2 Å². The molecule has 1 aliphatic heterocycles. The van der Waals surface area contributed by atoms with Gasteiger partial charge in [-0.3, -0.25) is 4.79 Å². The van der Waals surface area contributed by atoms with Gasteiger partial charge in [0, 0.05) is 26.6 Å². The molecule has 1 saturated heterocycles. The van der Waals surface area contributed by atoms with Crippen LogP contribution >= 0.6 is 0 Å². The number of hydrogen-bond acceptors (Lipinski definition) is 6. The van der Waals surface area contributed by atoms with Crippen molar-refractivity contribution in [3.05, 3.63) is 0 Å². The number of carbonyl (C=O) groups excluding carboxylic acids is 1. The van der Waals surface area contributed by atoms with Crippen LogP contribution in [0, 0.1) is 51.2 Å². The van der Waals surface area contributed by atoms with Gasteiger partial charge in [0.05, 0.1) is 24.4 Å². The average molecular weight is 560 g/mol. The highest BCUT2D eigenvalue weighted by molar-refractivity contribution is 5.66.